The summed E-state index contributed by atoms with van der Waals surface area (Å²) in [6, 6.07) is 0. The third-order valence-corrected chi connectivity index (χ3v) is 0.471. The zero-order valence-corrected chi connectivity index (χ0v) is 6.85. The first-order valence-electron chi connectivity index (χ1n) is 1.85. The van der Waals surface area contributed by atoms with Crippen molar-refractivity contribution in [3.63, 3.8) is 0 Å². The van der Waals surface area contributed by atoms with Gasteiger partial charge < -0.3 is 9.90 Å². The zero-order chi connectivity index (χ0) is 5.15. The smallest absolute Gasteiger partial charge is 0.0439 e. The van der Waals surface area contributed by atoms with Gasteiger partial charge in [0.25, 0.3) is 0 Å². The van der Waals surface area contributed by atoms with Crippen molar-refractivity contribution in [1.29, 1.82) is 0 Å². The van der Waals surface area contributed by atoms with E-state index in [9.17, 15) is 9.90 Å². The minimum atomic E-state index is -0.991. The van der Waals surface area contributed by atoms with Gasteiger partial charge in [-0.25, -0.2) is 0 Å². The standard InChI is InChI=1S/C4H8O2.Zr/c1-3(2)4(5)6;/h3H,1-2H3,(H,5,6);/p-1. The van der Waals surface area contributed by atoms with E-state index in [1.54, 1.807) is 13.8 Å². The van der Waals surface area contributed by atoms with Gasteiger partial charge in [0.15, 0.2) is 0 Å². The summed E-state index contributed by atoms with van der Waals surface area (Å²) in [5.74, 6) is -1.33. The van der Waals surface area contributed by atoms with Crippen molar-refractivity contribution in [2.45, 2.75) is 13.8 Å². The molecule has 0 atom stereocenters. The minimum Gasteiger partial charge on any atom is -0.550 e. The van der Waals surface area contributed by atoms with Gasteiger partial charge in [0.2, 0.25) is 0 Å². The number of aliphatic carboxylic acids is 1. The molecule has 7 heavy (non-hydrogen) atoms. The first-order valence-corrected chi connectivity index (χ1v) is 1.85. The van der Waals surface area contributed by atoms with Crippen LogP contribution >= 0.6 is 0 Å². The van der Waals surface area contributed by atoms with Gasteiger partial charge in [0.05, 0.1) is 0 Å². The van der Waals surface area contributed by atoms with Gasteiger partial charge in [-0.15, -0.1) is 0 Å². The molecule has 0 amide bonds. The van der Waals surface area contributed by atoms with Crippen LogP contribution in [0.25, 0.3) is 0 Å². The molecule has 0 unspecified atom stereocenters. The van der Waals surface area contributed by atoms with Crippen molar-refractivity contribution in [3.8, 4) is 0 Å². The Hall–Kier alpha value is 0.353. The Morgan fingerprint density at radius 1 is 1.57 bits per heavy atom. The van der Waals surface area contributed by atoms with E-state index < -0.39 is 5.97 Å². The van der Waals surface area contributed by atoms with Crippen molar-refractivity contribution in [2.75, 3.05) is 0 Å². The van der Waals surface area contributed by atoms with Crippen LogP contribution in [0.2, 0.25) is 0 Å². The van der Waals surface area contributed by atoms with E-state index in [4.69, 9.17) is 0 Å². The van der Waals surface area contributed by atoms with E-state index in [1.165, 1.54) is 0 Å². The average molecular weight is 178 g/mol. The first-order chi connectivity index (χ1) is 2.64. The van der Waals surface area contributed by atoms with Gasteiger partial charge in [-0.1, -0.05) is 13.8 Å². The molecule has 0 spiro atoms. The molecule has 0 aromatic heterocycles. The van der Waals surface area contributed by atoms with Crippen LogP contribution in [0.15, 0.2) is 0 Å². The molecule has 0 aromatic rings. The van der Waals surface area contributed by atoms with E-state index in [1.807, 2.05) is 0 Å². The number of rotatable bonds is 1. The molecule has 0 bridgehead atoms. The maximum Gasteiger partial charge on any atom is 0.0439 e. The topological polar surface area (TPSA) is 40.1 Å². The monoisotopic (exact) mass is 177 g/mol. The van der Waals surface area contributed by atoms with Gasteiger partial charge in [0, 0.05) is 32.2 Å². The van der Waals surface area contributed by atoms with E-state index in [-0.39, 0.29) is 32.1 Å². The molecular weight excluding hydrogens is 171 g/mol. The molecule has 0 N–H and O–H groups in total. The second kappa shape index (κ2) is 4.51. The van der Waals surface area contributed by atoms with Gasteiger partial charge in [0.1, 0.15) is 0 Å². The summed E-state index contributed by atoms with van der Waals surface area (Å²) in [7, 11) is 0. The minimum absolute atomic E-state index is 0. The van der Waals surface area contributed by atoms with Crippen LogP contribution in [-0.2, 0) is 31.0 Å². The molecule has 40 valence electrons. The fourth-order valence-electron chi connectivity index (χ4n) is 0. The molecule has 0 rings (SSSR count). The van der Waals surface area contributed by atoms with Crippen LogP contribution in [-0.4, -0.2) is 5.97 Å². The predicted molar refractivity (Wildman–Crippen MR) is 19.8 cm³/mol. The van der Waals surface area contributed by atoms with E-state index in [0.717, 1.165) is 0 Å². The SMILES string of the molecule is CC(C)C(=O)[O-].[Zr]. The largest absolute Gasteiger partial charge is 0.550 e. The molecule has 0 saturated heterocycles. The Labute approximate surface area is 62.0 Å². The Bertz CT molecular complexity index is 60.7. The van der Waals surface area contributed by atoms with Gasteiger partial charge in [-0.05, 0) is 5.92 Å². The molecule has 0 fully saturated rings. The molecular formula is C4H7O2Zr-. The van der Waals surface area contributed by atoms with Crippen LogP contribution in [0.5, 0.6) is 0 Å². The van der Waals surface area contributed by atoms with Crippen molar-refractivity contribution in [3.05, 3.63) is 0 Å². The fourth-order valence-corrected chi connectivity index (χ4v) is 0. The number of carbonyl (C=O) groups excluding carboxylic acids is 1. The summed E-state index contributed by atoms with van der Waals surface area (Å²) >= 11 is 0. The zero-order valence-electron chi connectivity index (χ0n) is 4.39. The fraction of sp³-hybridized carbons (Fsp3) is 0.750. The van der Waals surface area contributed by atoms with E-state index in [0.29, 0.717) is 0 Å². The van der Waals surface area contributed by atoms with Crippen molar-refractivity contribution in [2.24, 2.45) is 5.92 Å². The maximum atomic E-state index is 9.59. The third kappa shape index (κ3) is 6.35. The third-order valence-electron chi connectivity index (χ3n) is 0.471. The van der Waals surface area contributed by atoms with Crippen molar-refractivity contribution in [1.82, 2.24) is 0 Å². The number of hydrogen-bond donors (Lipinski definition) is 0. The van der Waals surface area contributed by atoms with Crippen LogP contribution in [0.3, 0.4) is 0 Å². The summed E-state index contributed by atoms with van der Waals surface area (Å²) < 4.78 is 0. The van der Waals surface area contributed by atoms with E-state index in [2.05, 4.69) is 0 Å². The van der Waals surface area contributed by atoms with Crippen LogP contribution in [0.1, 0.15) is 13.8 Å². The summed E-state index contributed by atoms with van der Waals surface area (Å²) in [6.45, 7) is 3.16. The summed E-state index contributed by atoms with van der Waals surface area (Å²) in [5, 5.41) is 9.59. The Kier molecular flexibility index (Phi) is 6.67. The Morgan fingerprint density at radius 2 is 1.71 bits per heavy atom. The van der Waals surface area contributed by atoms with Gasteiger partial charge in [-0.3, -0.25) is 0 Å². The molecule has 0 aliphatic heterocycles. The summed E-state index contributed by atoms with van der Waals surface area (Å²) in [6.07, 6.45) is 0. The molecule has 0 saturated carbocycles. The van der Waals surface area contributed by atoms with Gasteiger partial charge in [-0.2, -0.15) is 0 Å². The second-order valence-electron chi connectivity index (χ2n) is 1.47. The summed E-state index contributed by atoms with van der Waals surface area (Å²) in [4.78, 5) is 9.59. The molecule has 0 radical (unpaired) electrons. The molecule has 0 aliphatic carbocycles. The molecule has 0 aromatic carbocycles. The molecule has 3 heteroatoms. The van der Waals surface area contributed by atoms with Crippen molar-refractivity contribution < 1.29 is 36.1 Å². The Morgan fingerprint density at radius 3 is 1.71 bits per heavy atom. The van der Waals surface area contributed by atoms with Gasteiger partial charge >= 0.3 is 0 Å². The number of carboxylic acids is 1. The van der Waals surface area contributed by atoms with Crippen LogP contribution < -0.4 is 5.11 Å². The number of hydrogen-bond acceptors (Lipinski definition) is 2. The Balaban J connectivity index is 0. The number of carboxylic acid groups (broad SMARTS) is 1. The van der Waals surface area contributed by atoms with E-state index >= 15 is 0 Å². The number of carbonyl (C=O) groups is 1. The first kappa shape index (κ1) is 10.4. The summed E-state index contributed by atoms with van der Waals surface area (Å²) in [5.41, 5.74) is 0. The van der Waals surface area contributed by atoms with Crippen molar-refractivity contribution >= 4 is 5.97 Å². The maximum absolute atomic E-state index is 9.59. The quantitative estimate of drug-likeness (QED) is 0.537. The molecule has 0 heterocycles. The molecule has 2 nitrogen and oxygen atoms in total. The normalized spacial score (nSPS) is 7.86. The predicted octanol–water partition coefficient (Wildman–Crippen LogP) is -0.610. The molecule has 0 aliphatic rings. The van der Waals surface area contributed by atoms with Crippen LogP contribution in [0, 0.1) is 5.92 Å². The average Bonchev–Trinajstić information content (AvgIpc) is 1.36. The van der Waals surface area contributed by atoms with Crippen LogP contribution in [0.4, 0.5) is 0 Å². The second-order valence-corrected chi connectivity index (χ2v) is 1.47.